The van der Waals surface area contributed by atoms with Crippen LogP contribution in [-0.4, -0.2) is 64.1 Å². The van der Waals surface area contributed by atoms with Crippen molar-refractivity contribution < 1.29 is 9.53 Å². The molecule has 0 spiro atoms. The van der Waals surface area contributed by atoms with E-state index in [0.29, 0.717) is 13.0 Å². The molecule has 2 aromatic heterocycles. The highest BCUT2D eigenvalue weighted by atomic mass is 32.2. The first-order chi connectivity index (χ1) is 18.2. The van der Waals surface area contributed by atoms with Gasteiger partial charge in [0.05, 0.1) is 17.2 Å². The molecule has 1 saturated heterocycles. The summed E-state index contributed by atoms with van der Waals surface area (Å²) in [5.41, 5.74) is 2.15. The van der Waals surface area contributed by atoms with Gasteiger partial charge in [-0.15, -0.1) is 21.5 Å². The fourth-order valence-electron chi connectivity index (χ4n) is 4.48. The van der Waals surface area contributed by atoms with Crippen molar-refractivity contribution in [2.45, 2.75) is 24.9 Å². The van der Waals surface area contributed by atoms with Crippen LogP contribution in [0.25, 0.3) is 16.4 Å². The van der Waals surface area contributed by atoms with Gasteiger partial charge in [0, 0.05) is 44.0 Å². The summed E-state index contributed by atoms with van der Waals surface area (Å²) in [6, 6.07) is 22.4. The SMILES string of the molecule is CCOc1ccccc1N1CCN(C(=O)CCCSc2nnc(-c3cccs3)n2-c2ccccc2)CC1. The molecule has 0 N–H and O–H groups in total. The summed E-state index contributed by atoms with van der Waals surface area (Å²) in [5.74, 6) is 2.79. The lowest BCUT2D eigenvalue weighted by Gasteiger charge is -2.36. The summed E-state index contributed by atoms with van der Waals surface area (Å²) in [7, 11) is 0. The smallest absolute Gasteiger partial charge is 0.222 e. The number of hydrogen-bond acceptors (Lipinski definition) is 7. The maximum Gasteiger partial charge on any atom is 0.222 e. The van der Waals surface area contributed by atoms with E-state index >= 15 is 0 Å². The lowest BCUT2D eigenvalue weighted by atomic mass is 10.2. The van der Waals surface area contributed by atoms with Crippen molar-refractivity contribution in [3.05, 3.63) is 72.1 Å². The number of benzene rings is 2. The molecule has 3 heterocycles. The van der Waals surface area contributed by atoms with Gasteiger partial charge in [0.2, 0.25) is 5.91 Å². The van der Waals surface area contributed by atoms with Crippen LogP contribution in [-0.2, 0) is 4.79 Å². The van der Waals surface area contributed by atoms with Crippen LogP contribution in [0.2, 0.25) is 0 Å². The zero-order chi connectivity index (χ0) is 25.5. The average molecular weight is 534 g/mol. The summed E-state index contributed by atoms with van der Waals surface area (Å²) >= 11 is 3.31. The highest BCUT2D eigenvalue weighted by Crippen LogP contribution is 2.31. The first kappa shape index (κ1) is 25.4. The third-order valence-corrected chi connectivity index (χ3v) is 8.17. The maximum atomic E-state index is 12.9. The molecule has 0 radical (unpaired) electrons. The molecule has 0 unspecified atom stereocenters. The van der Waals surface area contributed by atoms with Gasteiger partial charge >= 0.3 is 0 Å². The molecule has 1 aliphatic rings. The van der Waals surface area contributed by atoms with Crippen molar-refractivity contribution in [3.8, 4) is 22.1 Å². The summed E-state index contributed by atoms with van der Waals surface area (Å²) < 4.78 is 7.90. The number of rotatable bonds is 10. The average Bonchev–Trinajstić information content (AvgIpc) is 3.62. The molecule has 7 nitrogen and oxygen atoms in total. The Hall–Kier alpha value is -3.30. The zero-order valence-corrected chi connectivity index (χ0v) is 22.6. The van der Waals surface area contributed by atoms with E-state index in [1.165, 1.54) is 0 Å². The molecular weight excluding hydrogens is 502 g/mol. The van der Waals surface area contributed by atoms with Crippen LogP contribution in [0, 0.1) is 0 Å². The Bertz CT molecular complexity index is 1290. The van der Waals surface area contributed by atoms with E-state index in [9.17, 15) is 4.79 Å². The Morgan fingerprint density at radius 2 is 1.76 bits per heavy atom. The molecular formula is C28H31N5O2S2. The normalized spacial score (nSPS) is 13.6. The van der Waals surface area contributed by atoms with Crippen LogP contribution >= 0.6 is 23.1 Å². The van der Waals surface area contributed by atoms with Gasteiger partial charge in [-0.25, -0.2) is 0 Å². The van der Waals surface area contributed by atoms with Gasteiger partial charge in [0.25, 0.3) is 0 Å². The number of carbonyl (C=O) groups is 1. The van der Waals surface area contributed by atoms with Crippen molar-refractivity contribution in [3.63, 3.8) is 0 Å². The van der Waals surface area contributed by atoms with Gasteiger partial charge in [0.15, 0.2) is 11.0 Å². The Morgan fingerprint density at radius 3 is 2.51 bits per heavy atom. The number of ether oxygens (including phenoxy) is 1. The number of hydrogen-bond donors (Lipinski definition) is 0. The Kier molecular flexibility index (Phi) is 8.42. The number of carbonyl (C=O) groups excluding carboxylic acids is 1. The van der Waals surface area contributed by atoms with E-state index in [2.05, 4.69) is 49.3 Å². The van der Waals surface area contributed by atoms with E-state index in [1.54, 1.807) is 23.1 Å². The second-order valence-electron chi connectivity index (χ2n) is 8.68. The topological polar surface area (TPSA) is 63.5 Å². The Morgan fingerprint density at radius 1 is 0.973 bits per heavy atom. The van der Waals surface area contributed by atoms with E-state index < -0.39 is 0 Å². The number of aromatic nitrogens is 3. The summed E-state index contributed by atoms with van der Waals surface area (Å²) in [6.45, 7) is 5.74. The number of piperazine rings is 1. The first-order valence-corrected chi connectivity index (χ1v) is 14.5. The molecule has 1 fully saturated rings. The third-order valence-electron chi connectivity index (χ3n) is 6.29. The molecule has 37 heavy (non-hydrogen) atoms. The van der Waals surface area contributed by atoms with E-state index in [0.717, 1.165) is 71.3 Å². The van der Waals surface area contributed by atoms with Gasteiger partial charge in [-0.3, -0.25) is 9.36 Å². The second-order valence-corrected chi connectivity index (χ2v) is 10.7. The fraction of sp³-hybridized carbons (Fsp3) is 0.321. The molecule has 0 saturated carbocycles. The van der Waals surface area contributed by atoms with Crippen molar-refractivity contribution in [1.82, 2.24) is 19.7 Å². The molecule has 4 aromatic rings. The largest absolute Gasteiger partial charge is 0.492 e. The van der Waals surface area contributed by atoms with Crippen molar-refractivity contribution in [2.24, 2.45) is 0 Å². The van der Waals surface area contributed by atoms with Crippen LogP contribution < -0.4 is 9.64 Å². The number of para-hydroxylation sites is 3. The van der Waals surface area contributed by atoms with E-state index in [1.807, 2.05) is 54.3 Å². The number of amides is 1. The van der Waals surface area contributed by atoms with Gasteiger partial charge < -0.3 is 14.5 Å². The quantitative estimate of drug-likeness (QED) is 0.195. The number of thioether (sulfide) groups is 1. The highest BCUT2D eigenvalue weighted by Gasteiger charge is 2.23. The molecule has 192 valence electrons. The number of nitrogens with zero attached hydrogens (tertiary/aromatic N) is 5. The summed E-state index contributed by atoms with van der Waals surface area (Å²) in [5, 5.41) is 11.9. The minimum atomic E-state index is 0.224. The minimum absolute atomic E-state index is 0.224. The van der Waals surface area contributed by atoms with Gasteiger partial charge in [-0.05, 0) is 49.1 Å². The third kappa shape index (κ3) is 5.99. The molecule has 0 atom stereocenters. The Balaban J connectivity index is 1.14. The van der Waals surface area contributed by atoms with Crippen LogP contribution in [0.1, 0.15) is 19.8 Å². The standard InChI is InChI=1S/C28H31N5O2S2/c1-2-35-24-13-7-6-12-23(24)31-16-18-32(19-17-31)26(34)15-9-21-37-28-30-29-27(25-14-8-20-36-25)33(28)22-10-4-3-5-11-22/h3-8,10-14,20H,2,9,15-19,21H2,1H3. The van der Waals surface area contributed by atoms with Gasteiger partial charge in [0.1, 0.15) is 5.75 Å². The predicted molar refractivity (Wildman–Crippen MR) is 151 cm³/mol. The molecule has 0 aliphatic carbocycles. The van der Waals surface area contributed by atoms with Crippen LogP contribution in [0.15, 0.2) is 77.3 Å². The number of anilines is 1. The minimum Gasteiger partial charge on any atom is -0.492 e. The van der Waals surface area contributed by atoms with Crippen molar-refractivity contribution in [1.29, 1.82) is 0 Å². The van der Waals surface area contributed by atoms with Gasteiger partial charge in [-0.1, -0.05) is 48.2 Å². The van der Waals surface area contributed by atoms with Crippen LogP contribution in [0.4, 0.5) is 5.69 Å². The number of thiophene rings is 1. The molecule has 0 bridgehead atoms. The highest BCUT2D eigenvalue weighted by molar-refractivity contribution is 7.99. The lowest BCUT2D eigenvalue weighted by Crippen LogP contribution is -2.48. The monoisotopic (exact) mass is 533 g/mol. The Labute approximate surface area is 226 Å². The van der Waals surface area contributed by atoms with Gasteiger partial charge in [-0.2, -0.15) is 0 Å². The van der Waals surface area contributed by atoms with Crippen LogP contribution in [0.5, 0.6) is 5.75 Å². The van der Waals surface area contributed by atoms with E-state index in [4.69, 9.17) is 4.74 Å². The van der Waals surface area contributed by atoms with Crippen molar-refractivity contribution >= 4 is 34.7 Å². The lowest BCUT2D eigenvalue weighted by molar-refractivity contribution is -0.131. The first-order valence-electron chi connectivity index (χ1n) is 12.7. The maximum absolute atomic E-state index is 12.9. The van der Waals surface area contributed by atoms with E-state index in [-0.39, 0.29) is 5.91 Å². The second kappa shape index (κ2) is 12.3. The summed E-state index contributed by atoms with van der Waals surface area (Å²) in [6.07, 6.45) is 1.34. The molecule has 1 amide bonds. The fourth-order valence-corrected chi connectivity index (χ4v) is 6.07. The molecule has 1 aliphatic heterocycles. The molecule has 2 aromatic carbocycles. The molecule has 5 rings (SSSR count). The summed E-state index contributed by atoms with van der Waals surface area (Å²) in [4.78, 5) is 18.3. The predicted octanol–water partition coefficient (Wildman–Crippen LogP) is 5.62. The molecule has 9 heteroatoms. The van der Waals surface area contributed by atoms with Crippen LogP contribution in [0.3, 0.4) is 0 Å². The van der Waals surface area contributed by atoms with Crippen molar-refractivity contribution in [2.75, 3.05) is 43.4 Å². The zero-order valence-electron chi connectivity index (χ0n) is 21.0.